The highest BCUT2D eigenvalue weighted by Gasteiger charge is 2.41. The van der Waals surface area contributed by atoms with Crippen LogP contribution in [0.15, 0.2) is 47.4 Å². The molecule has 1 unspecified atom stereocenters. The molecule has 0 bridgehead atoms. The van der Waals surface area contributed by atoms with Crippen LogP contribution in [0.5, 0.6) is 0 Å². The van der Waals surface area contributed by atoms with Crippen molar-refractivity contribution in [3.63, 3.8) is 0 Å². The van der Waals surface area contributed by atoms with Gasteiger partial charge in [-0.3, -0.25) is 4.57 Å². The van der Waals surface area contributed by atoms with Crippen LogP contribution in [0.4, 0.5) is 40.6 Å². The minimum Gasteiger partial charge on any atom is -0.358 e. The first-order valence-electron chi connectivity index (χ1n) is 13.1. The smallest absolute Gasteiger partial charge is 0.295 e. The van der Waals surface area contributed by atoms with Gasteiger partial charge in [0.05, 0.1) is 16.3 Å². The van der Waals surface area contributed by atoms with Crippen molar-refractivity contribution in [1.82, 2.24) is 19.5 Å². The molecule has 3 aromatic heterocycles. The number of imidazole rings is 1. The molecule has 41 heavy (non-hydrogen) atoms. The first-order valence-corrected chi connectivity index (χ1v) is 14.9. The van der Waals surface area contributed by atoms with Gasteiger partial charge in [0.15, 0.2) is 21.3 Å². The van der Waals surface area contributed by atoms with Crippen molar-refractivity contribution in [2.75, 3.05) is 23.5 Å². The summed E-state index contributed by atoms with van der Waals surface area (Å²) in [4.78, 5) is 12.9. The lowest BCUT2D eigenvalue weighted by Crippen LogP contribution is -2.20. The number of pyridine rings is 2. The van der Waals surface area contributed by atoms with Gasteiger partial charge in [-0.2, -0.15) is 8.78 Å². The van der Waals surface area contributed by atoms with Crippen LogP contribution in [-0.2, 0) is 26.9 Å². The van der Waals surface area contributed by atoms with Crippen LogP contribution >= 0.6 is 0 Å². The average molecular weight is 591 g/mol. The number of para-hydroxylation sites is 1. The Morgan fingerprint density at radius 1 is 1.02 bits per heavy atom. The third-order valence-corrected chi connectivity index (χ3v) is 8.32. The average Bonchev–Trinajstić information content (AvgIpc) is 3.46. The normalized spacial score (nSPS) is 18.5. The van der Waals surface area contributed by atoms with E-state index in [4.69, 9.17) is 4.74 Å². The molecule has 2 aliphatic rings. The van der Waals surface area contributed by atoms with E-state index in [1.807, 2.05) is 0 Å². The summed E-state index contributed by atoms with van der Waals surface area (Å²) in [6, 6.07) is 10.7. The van der Waals surface area contributed by atoms with E-state index in [2.05, 4.69) is 25.6 Å². The fourth-order valence-electron chi connectivity index (χ4n) is 5.26. The zero-order valence-electron chi connectivity index (χ0n) is 21.9. The monoisotopic (exact) mass is 590 g/mol. The molecule has 0 saturated carbocycles. The van der Waals surface area contributed by atoms with E-state index in [0.29, 0.717) is 18.6 Å². The van der Waals surface area contributed by atoms with Crippen molar-refractivity contribution in [2.45, 2.75) is 55.6 Å². The van der Waals surface area contributed by atoms with Crippen LogP contribution in [0.3, 0.4) is 0 Å². The Morgan fingerprint density at radius 2 is 1.83 bits per heavy atom. The molecule has 4 heterocycles. The number of fused-ring (bicyclic) bond motifs is 2. The van der Waals surface area contributed by atoms with Crippen LogP contribution in [0.25, 0.3) is 11.2 Å². The second-order valence-electron chi connectivity index (χ2n) is 10.1. The lowest BCUT2D eigenvalue weighted by atomic mass is 10.2. The lowest BCUT2D eigenvalue weighted by molar-refractivity contribution is -0.0363. The number of benzene rings is 1. The molecule has 6 rings (SSSR count). The molecule has 1 atom stereocenters. The van der Waals surface area contributed by atoms with Crippen molar-refractivity contribution in [2.24, 2.45) is 0 Å². The molecule has 1 aromatic carbocycles. The van der Waals surface area contributed by atoms with Gasteiger partial charge in [0.2, 0.25) is 0 Å². The zero-order valence-corrected chi connectivity index (χ0v) is 22.7. The Balaban J connectivity index is 1.51. The second kappa shape index (κ2) is 10.2. The van der Waals surface area contributed by atoms with Gasteiger partial charge in [0.1, 0.15) is 29.1 Å². The number of sulfone groups is 1. The maximum absolute atomic E-state index is 14.4. The van der Waals surface area contributed by atoms with Crippen LogP contribution < -0.4 is 10.6 Å². The number of rotatable bonds is 7. The Bertz CT molecular complexity index is 1740. The van der Waals surface area contributed by atoms with Gasteiger partial charge in [-0.05, 0) is 49.4 Å². The van der Waals surface area contributed by atoms with E-state index < -0.39 is 34.2 Å². The van der Waals surface area contributed by atoms with Crippen molar-refractivity contribution >= 4 is 44.0 Å². The third kappa shape index (κ3) is 5.21. The van der Waals surface area contributed by atoms with Crippen molar-refractivity contribution < 1.29 is 30.7 Å². The van der Waals surface area contributed by atoms with Gasteiger partial charge >= 0.3 is 0 Å². The maximum Gasteiger partial charge on any atom is 0.295 e. The number of hydrogen-bond acceptors (Lipinski definition) is 8. The van der Waals surface area contributed by atoms with E-state index in [1.165, 1.54) is 22.8 Å². The fraction of sp³-hybridized carbons (Fsp3) is 0.370. The summed E-state index contributed by atoms with van der Waals surface area (Å²) >= 11 is 0. The number of nitrogens with one attached hydrogen (secondary N) is 2. The molecule has 1 fully saturated rings. The molecule has 0 amide bonds. The predicted molar refractivity (Wildman–Crippen MR) is 144 cm³/mol. The quantitative estimate of drug-likeness (QED) is 0.238. The molecule has 216 valence electrons. The van der Waals surface area contributed by atoms with E-state index in [1.54, 1.807) is 24.3 Å². The summed E-state index contributed by atoms with van der Waals surface area (Å²) in [5, 5.41) is 5.94. The van der Waals surface area contributed by atoms with Gasteiger partial charge in [-0.15, -0.1) is 0 Å². The number of aryl methyl sites for hydroxylation is 1. The Morgan fingerprint density at radius 3 is 2.56 bits per heavy atom. The van der Waals surface area contributed by atoms with Crippen LogP contribution in [-0.4, -0.2) is 40.8 Å². The first kappa shape index (κ1) is 27.4. The molecule has 14 heteroatoms. The predicted octanol–water partition coefficient (Wildman–Crippen LogP) is 6.39. The summed E-state index contributed by atoms with van der Waals surface area (Å²) in [5.41, 5.74) is 0.643. The molecule has 0 radical (unpaired) electrons. The number of halogens is 4. The van der Waals surface area contributed by atoms with Crippen molar-refractivity contribution in [3.8, 4) is 0 Å². The summed E-state index contributed by atoms with van der Waals surface area (Å²) in [7, 11) is -3.66. The molecule has 1 aliphatic heterocycles. The zero-order chi connectivity index (χ0) is 28.9. The van der Waals surface area contributed by atoms with Crippen LogP contribution in [0, 0.1) is 0 Å². The molecule has 9 nitrogen and oxygen atoms in total. The topological polar surface area (TPSA) is 111 Å². The van der Waals surface area contributed by atoms with E-state index in [0.717, 1.165) is 19.1 Å². The first-order chi connectivity index (χ1) is 19.5. The molecular formula is C27H26F4N6O3S. The number of ether oxygens (including phenoxy) is 1. The number of alkyl halides is 4. The Hall–Kier alpha value is -3.78. The lowest BCUT2D eigenvalue weighted by Gasteiger charge is -2.25. The Kier molecular flexibility index (Phi) is 6.85. The van der Waals surface area contributed by atoms with Gasteiger partial charge in [-0.25, -0.2) is 32.2 Å². The molecule has 4 aromatic rings. The number of anilines is 4. The van der Waals surface area contributed by atoms with Crippen molar-refractivity contribution in [3.05, 3.63) is 59.5 Å². The molecular weight excluding hydrogens is 564 g/mol. The van der Waals surface area contributed by atoms with Gasteiger partial charge in [0.25, 0.3) is 12.3 Å². The summed E-state index contributed by atoms with van der Waals surface area (Å²) in [6.07, 6.45) is -0.745. The van der Waals surface area contributed by atoms with E-state index in [9.17, 15) is 26.0 Å². The number of nitrogens with zero attached hydrogens (tertiary/aromatic N) is 4. The van der Waals surface area contributed by atoms with Crippen LogP contribution in [0.2, 0.25) is 0 Å². The highest BCUT2D eigenvalue weighted by molar-refractivity contribution is 7.90. The molecule has 0 spiro atoms. The number of hydrogen-bond donors (Lipinski definition) is 2. The second-order valence-corrected chi connectivity index (χ2v) is 12.1. The van der Waals surface area contributed by atoms with E-state index >= 15 is 0 Å². The highest BCUT2D eigenvalue weighted by atomic mass is 32.2. The summed E-state index contributed by atoms with van der Waals surface area (Å²) in [5.74, 6) is -3.42. The molecule has 1 saturated heterocycles. The Labute approximate surface area is 232 Å². The van der Waals surface area contributed by atoms with Gasteiger partial charge in [-0.1, -0.05) is 18.2 Å². The molecule has 1 aliphatic carbocycles. The minimum atomic E-state index is -3.66. The largest absolute Gasteiger partial charge is 0.358 e. The summed E-state index contributed by atoms with van der Waals surface area (Å²) in [6.45, 7) is 0.380. The summed E-state index contributed by atoms with van der Waals surface area (Å²) < 4.78 is 89.3. The van der Waals surface area contributed by atoms with Crippen LogP contribution in [0.1, 0.15) is 55.4 Å². The van der Waals surface area contributed by atoms with E-state index in [-0.39, 0.29) is 57.6 Å². The van der Waals surface area contributed by atoms with Gasteiger partial charge < -0.3 is 15.4 Å². The highest BCUT2D eigenvalue weighted by Crippen LogP contribution is 2.41. The maximum atomic E-state index is 14.4. The fourth-order valence-corrected chi connectivity index (χ4v) is 6.10. The molecule has 2 N–H and O–H groups in total. The number of aromatic nitrogens is 4. The van der Waals surface area contributed by atoms with Gasteiger partial charge in [0, 0.05) is 25.3 Å². The standard InChI is InChI=1S/C27H26F4N6O3S/c1-41(38,39)18-7-3-2-6-16(18)32-17-14-20(33-19-10-9-15-11-12-27(30,31)23(15)34-19)35-25-22(17)36-26(24(28)29)37(25)21-8-4-5-13-40-21/h2-3,6-7,9-10,14,21,24H,4-5,8,11-13H2,1H3,(H2,32,33,34,35). The third-order valence-electron chi connectivity index (χ3n) is 7.16. The minimum absolute atomic E-state index is 0.00822. The van der Waals surface area contributed by atoms with Crippen molar-refractivity contribution in [1.29, 1.82) is 0 Å². The SMILES string of the molecule is CS(=O)(=O)c1ccccc1Nc1cc(Nc2ccc3c(n2)C(F)(F)CC3)nc2c1nc(C(F)F)n2C1CCCCO1.